The second kappa shape index (κ2) is 12.5. The molecule has 0 aliphatic rings. The molecule has 0 aliphatic heterocycles. The van der Waals surface area contributed by atoms with E-state index in [4.69, 9.17) is 4.74 Å². The molecule has 3 aromatic carbocycles. The van der Waals surface area contributed by atoms with E-state index in [9.17, 15) is 14.0 Å². The molecule has 0 saturated carbocycles. The first-order valence-electron chi connectivity index (χ1n) is 12.6. The molecule has 0 unspecified atom stereocenters. The number of nitrogens with zero attached hydrogens (tertiary/aromatic N) is 1. The Morgan fingerprint density at radius 2 is 1.51 bits per heavy atom. The first-order chi connectivity index (χ1) is 17.5. The molecular weight excluding hydrogens is 467 g/mol. The van der Waals surface area contributed by atoms with Crippen molar-refractivity contribution in [2.24, 2.45) is 0 Å². The van der Waals surface area contributed by atoms with E-state index in [0.717, 1.165) is 11.1 Å². The number of carbonyl (C=O) groups is 2. The molecule has 2 amide bonds. The Labute approximate surface area is 219 Å². The monoisotopic (exact) mass is 504 g/mol. The first kappa shape index (κ1) is 27.9. The summed E-state index contributed by atoms with van der Waals surface area (Å²) < 4.78 is 19.4. The minimum atomic E-state index is -0.786. The lowest BCUT2D eigenvalue weighted by molar-refractivity contribution is -0.143. The second-order valence-corrected chi connectivity index (χ2v) is 10.6. The van der Waals surface area contributed by atoms with Gasteiger partial charge in [-0.3, -0.25) is 9.59 Å². The van der Waals surface area contributed by atoms with Gasteiger partial charge in [0.15, 0.2) is 6.61 Å². The summed E-state index contributed by atoms with van der Waals surface area (Å²) in [5.41, 5.74) is 2.35. The molecule has 1 N–H and O–H groups in total. The minimum Gasteiger partial charge on any atom is -0.484 e. The molecule has 6 heteroatoms. The average molecular weight is 505 g/mol. The van der Waals surface area contributed by atoms with E-state index in [1.807, 2.05) is 75.4 Å². The second-order valence-electron chi connectivity index (χ2n) is 10.6. The van der Waals surface area contributed by atoms with E-state index in [1.54, 1.807) is 12.1 Å². The highest BCUT2D eigenvalue weighted by Crippen LogP contribution is 2.20. The van der Waals surface area contributed by atoms with Crippen LogP contribution < -0.4 is 10.1 Å². The van der Waals surface area contributed by atoms with E-state index < -0.39 is 11.6 Å². The zero-order chi connectivity index (χ0) is 27.0. The predicted octanol–water partition coefficient (Wildman–Crippen LogP) is 5.88. The Morgan fingerprint density at radius 1 is 0.892 bits per heavy atom. The largest absolute Gasteiger partial charge is 0.484 e. The molecule has 0 aliphatic carbocycles. The lowest BCUT2D eigenvalue weighted by Gasteiger charge is -2.33. The van der Waals surface area contributed by atoms with Crippen molar-refractivity contribution in [3.8, 4) is 5.75 Å². The predicted molar refractivity (Wildman–Crippen MR) is 145 cm³/mol. The topological polar surface area (TPSA) is 58.6 Å². The molecule has 196 valence electrons. The molecule has 1 atom stereocenters. The van der Waals surface area contributed by atoms with Crippen LogP contribution in [0.15, 0.2) is 78.9 Å². The van der Waals surface area contributed by atoms with Gasteiger partial charge in [0.05, 0.1) is 0 Å². The quantitative estimate of drug-likeness (QED) is 0.375. The number of rotatable bonds is 10. The van der Waals surface area contributed by atoms with Crippen molar-refractivity contribution >= 4 is 11.8 Å². The van der Waals surface area contributed by atoms with E-state index in [1.165, 1.54) is 22.6 Å². The number of hydrogen-bond donors (Lipinski definition) is 1. The highest BCUT2D eigenvalue weighted by molar-refractivity contribution is 5.89. The zero-order valence-corrected chi connectivity index (χ0v) is 22.3. The number of hydrogen-bond acceptors (Lipinski definition) is 3. The third-order valence-electron chi connectivity index (χ3n) is 5.94. The summed E-state index contributed by atoms with van der Waals surface area (Å²) in [5.74, 6) is 0.0247. The molecule has 3 aromatic rings. The Morgan fingerprint density at radius 3 is 2.08 bits per heavy atom. The summed E-state index contributed by atoms with van der Waals surface area (Å²) >= 11 is 0. The number of carbonyl (C=O) groups excluding carboxylic acids is 2. The molecular formula is C31H37FN2O3. The van der Waals surface area contributed by atoms with Crippen molar-refractivity contribution in [2.75, 3.05) is 6.61 Å². The summed E-state index contributed by atoms with van der Waals surface area (Å²) in [4.78, 5) is 28.7. The van der Waals surface area contributed by atoms with Gasteiger partial charge in [0.25, 0.3) is 5.91 Å². The molecule has 37 heavy (non-hydrogen) atoms. The van der Waals surface area contributed by atoms with Crippen molar-refractivity contribution in [3.05, 3.63) is 101 Å². The summed E-state index contributed by atoms with van der Waals surface area (Å²) in [6.45, 7) is 9.85. The molecule has 0 spiro atoms. The average Bonchev–Trinajstić information content (AvgIpc) is 2.85. The van der Waals surface area contributed by atoms with Crippen molar-refractivity contribution < 1.29 is 18.7 Å². The normalized spacial score (nSPS) is 12.2. The molecule has 0 saturated heterocycles. The van der Waals surface area contributed by atoms with Gasteiger partial charge in [-0.2, -0.15) is 0 Å². The van der Waals surface area contributed by atoms with Crippen LogP contribution in [0.5, 0.6) is 5.75 Å². The molecule has 5 nitrogen and oxygen atoms in total. The smallest absolute Gasteiger partial charge is 0.261 e. The minimum absolute atomic E-state index is 0.143. The van der Waals surface area contributed by atoms with Crippen LogP contribution in [0.1, 0.15) is 57.2 Å². The van der Waals surface area contributed by atoms with Crippen LogP contribution in [0.2, 0.25) is 0 Å². The van der Waals surface area contributed by atoms with Crippen molar-refractivity contribution in [1.29, 1.82) is 0 Å². The van der Waals surface area contributed by atoms with Gasteiger partial charge in [-0.15, -0.1) is 0 Å². The van der Waals surface area contributed by atoms with Gasteiger partial charge in [0.2, 0.25) is 5.91 Å². The summed E-state index contributed by atoms with van der Waals surface area (Å²) in [6.07, 6.45) is 0.332. The van der Waals surface area contributed by atoms with Gasteiger partial charge in [-0.1, -0.05) is 68.4 Å². The maximum atomic E-state index is 13.6. The van der Waals surface area contributed by atoms with Crippen molar-refractivity contribution in [3.63, 3.8) is 0 Å². The van der Waals surface area contributed by atoms with Crippen LogP contribution in [-0.4, -0.2) is 34.9 Å². The van der Waals surface area contributed by atoms with Crippen LogP contribution in [0, 0.1) is 5.82 Å². The van der Waals surface area contributed by atoms with Gasteiger partial charge >= 0.3 is 0 Å². The van der Waals surface area contributed by atoms with Gasteiger partial charge in [0.1, 0.15) is 17.6 Å². The number of amides is 2. The molecule has 3 rings (SSSR count). The third-order valence-corrected chi connectivity index (χ3v) is 5.94. The molecule has 0 heterocycles. The van der Waals surface area contributed by atoms with E-state index in [0.29, 0.717) is 18.1 Å². The Bertz CT molecular complexity index is 1150. The third kappa shape index (κ3) is 8.74. The fourth-order valence-electron chi connectivity index (χ4n) is 3.97. The Hall–Kier alpha value is -3.67. The number of nitrogens with one attached hydrogen (secondary N) is 1. The van der Waals surface area contributed by atoms with Crippen LogP contribution in [-0.2, 0) is 22.6 Å². The first-order valence-corrected chi connectivity index (χ1v) is 12.6. The standard InChI is InChI=1S/C31H37FN2O3/c1-22(2)25-13-17-27(18-14-25)37-21-29(35)34(20-24-11-15-26(32)16-12-24)28(30(36)33-31(3,4)5)19-23-9-7-6-8-10-23/h6-18,22,28H,19-21H2,1-5H3,(H,33,36)/t28-/m1/s1. The van der Waals surface area contributed by atoms with Crippen LogP contribution in [0.3, 0.4) is 0 Å². The highest BCUT2D eigenvalue weighted by Gasteiger charge is 2.32. The van der Waals surface area contributed by atoms with Crippen LogP contribution in [0.4, 0.5) is 4.39 Å². The van der Waals surface area contributed by atoms with Crippen molar-refractivity contribution in [2.45, 2.75) is 65.1 Å². The van der Waals surface area contributed by atoms with Gasteiger partial charge in [0, 0.05) is 18.5 Å². The number of benzene rings is 3. The maximum absolute atomic E-state index is 13.6. The van der Waals surface area contributed by atoms with E-state index in [2.05, 4.69) is 19.2 Å². The summed E-state index contributed by atoms with van der Waals surface area (Å²) in [7, 11) is 0. The number of ether oxygens (including phenoxy) is 1. The Balaban J connectivity index is 1.89. The van der Waals surface area contributed by atoms with Crippen LogP contribution in [0.25, 0.3) is 0 Å². The summed E-state index contributed by atoms with van der Waals surface area (Å²) in [6, 6.07) is 22.4. The van der Waals surface area contributed by atoms with Crippen LogP contribution >= 0.6 is 0 Å². The summed E-state index contributed by atoms with van der Waals surface area (Å²) in [5, 5.41) is 3.03. The van der Waals surface area contributed by atoms with E-state index >= 15 is 0 Å². The molecule has 0 bridgehead atoms. The fraction of sp³-hybridized carbons (Fsp3) is 0.355. The SMILES string of the molecule is CC(C)c1ccc(OCC(=O)N(Cc2ccc(F)cc2)[C@H](Cc2ccccc2)C(=O)NC(C)(C)C)cc1. The zero-order valence-electron chi connectivity index (χ0n) is 22.3. The molecule has 0 fully saturated rings. The molecule has 0 aromatic heterocycles. The van der Waals surface area contributed by atoms with Gasteiger partial charge in [-0.25, -0.2) is 4.39 Å². The maximum Gasteiger partial charge on any atom is 0.261 e. The fourth-order valence-corrected chi connectivity index (χ4v) is 3.97. The number of halogens is 1. The van der Waals surface area contributed by atoms with Gasteiger partial charge in [-0.05, 0) is 67.6 Å². The highest BCUT2D eigenvalue weighted by atomic mass is 19.1. The lowest BCUT2D eigenvalue weighted by Crippen LogP contribution is -2.55. The Kier molecular flexibility index (Phi) is 9.45. The molecule has 0 radical (unpaired) electrons. The lowest BCUT2D eigenvalue weighted by atomic mass is 10.0. The van der Waals surface area contributed by atoms with E-state index in [-0.39, 0.29) is 30.8 Å². The van der Waals surface area contributed by atoms with Gasteiger partial charge < -0.3 is 15.0 Å². The van der Waals surface area contributed by atoms with Crippen molar-refractivity contribution in [1.82, 2.24) is 10.2 Å².